The smallest absolute Gasteiger partial charge is 0.387 e. The molecule has 0 saturated carbocycles. The van der Waals surface area contributed by atoms with Gasteiger partial charge in [-0.2, -0.15) is 8.78 Å². The Hall–Kier alpha value is -0.910. The molecule has 0 radical (unpaired) electrons. The SMILES string of the molecule is Cl.FC(F)Oc1ccccc1CN1CCC2CCC(C1)N2. The molecule has 0 amide bonds. The highest BCUT2D eigenvalue weighted by molar-refractivity contribution is 5.85. The van der Waals surface area contributed by atoms with Crippen LogP contribution in [0, 0.1) is 0 Å². The average Bonchev–Trinajstić information content (AvgIpc) is 2.74. The van der Waals surface area contributed by atoms with E-state index in [1.54, 1.807) is 12.1 Å². The van der Waals surface area contributed by atoms with E-state index in [0.717, 1.165) is 25.1 Å². The van der Waals surface area contributed by atoms with Crippen molar-refractivity contribution < 1.29 is 13.5 Å². The van der Waals surface area contributed by atoms with E-state index in [2.05, 4.69) is 15.0 Å². The van der Waals surface area contributed by atoms with Gasteiger partial charge in [0.1, 0.15) is 5.75 Å². The molecule has 2 atom stereocenters. The van der Waals surface area contributed by atoms with Crippen molar-refractivity contribution in [1.29, 1.82) is 0 Å². The predicted octanol–water partition coefficient (Wildman–Crippen LogP) is 3.04. The minimum absolute atomic E-state index is 0. The van der Waals surface area contributed by atoms with Gasteiger partial charge < -0.3 is 10.1 Å². The molecule has 1 aromatic rings. The van der Waals surface area contributed by atoms with E-state index in [4.69, 9.17) is 0 Å². The number of halogens is 3. The van der Waals surface area contributed by atoms with Gasteiger partial charge >= 0.3 is 6.61 Å². The molecule has 2 bridgehead atoms. The van der Waals surface area contributed by atoms with Gasteiger partial charge in [-0.15, -0.1) is 12.4 Å². The third kappa shape index (κ3) is 4.28. The zero-order valence-electron chi connectivity index (χ0n) is 11.8. The lowest BCUT2D eigenvalue weighted by Crippen LogP contribution is -2.35. The molecule has 0 aliphatic carbocycles. The van der Waals surface area contributed by atoms with E-state index in [9.17, 15) is 8.78 Å². The summed E-state index contributed by atoms with van der Waals surface area (Å²) in [6.45, 7) is -0.0947. The predicted molar refractivity (Wildman–Crippen MR) is 80.2 cm³/mol. The summed E-state index contributed by atoms with van der Waals surface area (Å²) in [6, 6.07) is 8.27. The fourth-order valence-electron chi connectivity index (χ4n) is 3.25. The van der Waals surface area contributed by atoms with Gasteiger partial charge in [-0.1, -0.05) is 18.2 Å². The fraction of sp³-hybridized carbons (Fsp3) is 0.600. The lowest BCUT2D eigenvalue weighted by molar-refractivity contribution is -0.0507. The highest BCUT2D eigenvalue weighted by Gasteiger charge is 2.29. The molecule has 1 aromatic carbocycles. The second-order valence-corrected chi connectivity index (χ2v) is 5.65. The third-order valence-electron chi connectivity index (χ3n) is 4.19. The Kier molecular flexibility index (Phi) is 5.79. The lowest BCUT2D eigenvalue weighted by Gasteiger charge is -2.24. The maximum absolute atomic E-state index is 12.4. The molecule has 3 rings (SSSR count). The Morgan fingerprint density at radius 2 is 1.95 bits per heavy atom. The van der Waals surface area contributed by atoms with Crippen molar-refractivity contribution in [1.82, 2.24) is 10.2 Å². The number of hydrogen-bond acceptors (Lipinski definition) is 3. The first-order chi connectivity index (χ1) is 9.70. The van der Waals surface area contributed by atoms with Crippen molar-refractivity contribution in [3.63, 3.8) is 0 Å². The van der Waals surface area contributed by atoms with Crippen LogP contribution >= 0.6 is 12.4 Å². The minimum Gasteiger partial charge on any atom is -0.434 e. The van der Waals surface area contributed by atoms with Gasteiger partial charge in [-0.05, 0) is 25.3 Å². The summed E-state index contributed by atoms with van der Waals surface area (Å²) >= 11 is 0. The first-order valence-corrected chi connectivity index (χ1v) is 7.22. The number of hydrogen-bond donors (Lipinski definition) is 1. The highest BCUT2D eigenvalue weighted by atomic mass is 35.5. The Morgan fingerprint density at radius 1 is 1.19 bits per heavy atom. The summed E-state index contributed by atoms with van der Waals surface area (Å²) in [7, 11) is 0. The van der Waals surface area contributed by atoms with E-state index in [1.807, 2.05) is 12.1 Å². The molecule has 0 spiro atoms. The zero-order valence-corrected chi connectivity index (χ0v) is 12.6. The van der Waals surface area contributed by atoms with E-state index >= 15 is 0 Å². The number of likely N-dealkylation sites (tertiary alicyclic amines) is 1. The number of para-hydroxylation sites is 1. The van der Waals surface area contributed by atoms with Crippen LogP contribution in [0.1, 0.15) is 24.8 Å². The highest BCUT2D eigenvalue weighted by Crippen LogP contribution is 2.25. The summed E-state index contributed by atoms with van der Waals surface area (Å²) in [4.78, 5) is 2.34. The summed E-state index contributed by atoms with van der Waals surface area (Å²) in [6.07, 6.45) is 3.62. The fourth-order valence-corrected chi connectivity index (χ4v) is 3.25. The number of alkyl halides is 2. The van der Waals surface area contributed by atoms with Gasteiger partial charge in [0.2, 0.25) is 0 Å². The van der Waals surface area contributed by atoms with E-state index in [0.29, 0.717) is 24.4 Å². The molecule has 6 heteroatoms. The van der Waals surface area contributed by atoms with Gasteiger partial charge in [-0.3, -0.25) is 4.90 Å². The summed E-state index contributed by atoms with van der Waals surface area (Å²) in [5.74, 6) is 0.296. The Morgan fingerprint density at radius 3 is 2.76 bits per heavy atom. The third-order valence-corrected chi connectivity index (χ3v) is 4.19. The second kappa shape index (κ2) is 7.38. The van der Waals surface area contributed by atoms with Crippen LogP contribution in [0.5, 0.6) is 5.75 Å². The standard InChI is InChI=1S/C15H20F2N2O.ClH/c16-15(17)20-14-4-2-1-3-11(14)9-19-8-7-12-5-6-13(10-19)18-12;/h1-4,12-13,15,18H,5-10H2;1H. The van der Waals surface area contributed by atoms with Crippen LogP contribution in [0.4, 0.5) is 8.78 Å². The molecule has 2 fully saturated rings. The number of nitrogens with one attached hydrogen (secondary N) is 1. The molecule has 2 heterocycles. The number of fused-ring (bicyclic) bond motifs is 2. The largest absolute Gasteiger partial charge is 0.434 e. The lowest BCUT2D eigenvalue weighted by atomic mass is 10.1. The number of nitrogens with zero attached hydrogens (tertiary/aromatic N) is 1. The van der Waals surface area contributed by atoms with Crippen LogP contribution in [-0.2, 0) is 6.54 Å². The summed E-state index contributed by atoms with van der Waals surface area (Å²) < 4.78 is 29.4. The van der Waals surface area contributed by atoms with Crippen LogP contribution in [0.2, 0.25) is 0 Å². The van der Waals surface area contributed by atoms with E-state index < -0.39 is 6.61 Å². The number of rotatable bonds is 4. The van der Waals surface area contributed by atoms with E-state index in [-0.39, 0.29) is 12.4 Å². The minimum atomic E-state index is -2.77. The Balaban J connectivity index is 0.00000161. The van der Waals surface area contributed by atoms with Crippen molar-refractivity contribution in [2.24, 2.45) is 0 Å². The van der Waals surface area contributed by atoms with Crippen LogP contribution in [0.15, 0.2) is 24.3 Å². The molecule has 21 heavy (non-hydrogen) atoms. The molecular formula is C15H21ClF2N2O. The summed E-state index contributed by atoms with van der Waals surface area (Å²) in [5, 5.41) is 3.62. The van der Waals surface area contributed by atoms with Crippen molar-refractivity contribution in [2.75, 3.05) is 13.1 Å². The zero-order chi connectivity index (χ0) is 13.9. The molecule has 2 aliphatic rings. The Bertz CT molecular complexity index is 461. The average molecular weight is 319 g/mol. The van der Waals surface area contributed by atoms with E-state index in [1.165, 1.54) is 12.8 Å². The summed E-state index contributed by atoms with van der Waals surface area (Å²) in [5.41, 5.74) is 0.838. The maximum atomic E-state index is 12.4. The first-order valence-electron chi connectivity index (χ1n) is 7.22. The van der Waals surface area contributed by atoms with Crippen molar-refractivity contribution in [2.45, 2.75) is 44.5 Å². The molecular weight excluding hydrogens is 298 g/mol. The first kappa shape index (κ1) is 16.5. The van der Waals surface area contributed by atoms with Crippen LogP contribution < -0.4 is 10.1 Å². The molecule has 118 valence electrons. The molecule has 1 N–H and O–H groups in total. The van der Waals surface area contributed by atoms with Crippen LogP contribution in [0.3, 0.4) is 0 Å². The monoisotopic (exact) mass is 318 g/mol. The van der Waals surface area contributed by atoms with Crippen LogP contribution in [-0.4, -0.2) is 36.7 Å². The molecule has 2 unspecified atom stereocenters. The maximum Gasteiger partial charge on any atom is 0.387 e. The van der Waals surface area contributed by atoms with Crippen molar-refractivity contribution in [3.05, 3.63) is 29.8 Å². The van der Waals surface area contributed by atoms with Gasteiger partial charge in [0.25, 0.3) is 0 Å². The van der Waals surface area contributed by atoms with Gasteiger partial charge in [0.05, 0.1) is 0 Å². The molecule has 2 saturated heterocycles. The van der Waals surface area contributed by atoms with Gasteiger partial charge in [0, 0.05) is 37.3 Å². The van der Waals surface area contributed by atoms with Crippen molar-refractivity contribution in [3.8, 4) is 5.75 Å². The quantitative estimate of drug-likeness (QED) is 0.923. The van der Waals surface area contributed by atoms with Crippen molar-refractivity contribution >= 4 is 12.4 Å². The van der Waals surface area contributed by atoms with Gasteiger partial charge in [0.15, 0.2) is 0 Å². The molecule has 3 nitrogen and oxygen atoms in total. The molecule has 0 aromatic heterocycles. The second-order valence-electron chi connectivity index (χ2n) is 5.65. The van der Waals surface area contributed by atoms with Crippen LogP contribution in [0.25, 0.3) is 0 Å². The topological polar surface area (TPSA) is 24.5 Å². The molecule has 2 aliphatic heterocycles. The Labute approximate surface area is 130 Å². The number of benzene rings is 1. The normalized spacial score (nSPS) is 25.5. The van der Waals surface area contributed by atoms with Gasteiger partial charge in [-0.25, -0.2) is 0 Å². The number of ether oxygens (including phenoxy) is 1.